The number of benzene rings is 2. The number of esters is 1. The van der Waals surface area contributed by atoms with Gasteiger partial charge in [-0.15, -0.1) is 0 Å². The molecule has 9 heteroatoms. The minimum absolute atomic E-state index is 0.0685. The number of fused-ring (bicyclic) bond motifs is 1. The van der Waals surface area contributed by atoms with Crippen molar-refractivity contribution in [2.75, 3.05) is 13.7 Å². The van der Waals surface area contributed by atoms with E-state index >= 15 is 0 Å². The highest BCUT2D eigenvalue weighted by Crippen LogP contribution is 2.23. The fourth-order valence-electron chi connectivity index (χ4n) is 2.78. The molecule has 0 bridgehead atoms. The second-order valence-corrected chi connectivity index (χ2v) is 8.45. The molecule has 0 amide bonds. The summed E-state index contributed by atoms with van der Waals surface area (Å²) in [5.74, 6) is -0.266. The zero-order valence-electron chi connectivity index (χ0n) is 16.7. The average molecular weight is 431 g/mol. The van der Waals surface area contributed by atoms with E-state index in [-0.39, 0.29) is 11.5 Å². The SMILES string of the molecule is COc1ccc2c(COC(=O)CNS(=O)(=O)c3ccc(C)c(C)c3)cc(=O)oc2c1. The van der Waals surface area contributed by atoms with Crippen LogP contribution in [-0.2, 0) is 26.2 Å². The number of methoxy groups -OCH3 is 1. The number of ether oxygens (including phenoxy) is 2. The summed E-state index contributed by atoms with van der Waals surface area (Å²) in [4.78, 5) is 23.9. The molecular weight excluding hydrogens is 410 g/mol. The Balaban J connectivity index is 1.67. The van der Waals surface area contributed by atoms with Crippen LogP contribution in [-0.4, -0.2) is 28.0 Å². The third-order valence-corrected chi connectivity index (χ3v) is 6.02. The summed E-state index contributed by atoms with van der Waals surface area (Å²) in [6.07, 6.45) is 0. The predicted octanol–water partition coefficient (Wildman–Crippen LogP) is 2.44. The number of aryl methyl sites for hydroxylation is 2. The van der Waals surface area contributed by atoms with Gasteiger partial charge in [0.1, 0.15) is 24.5 Å². The van der Waals surface area contributed by atoms with Crippen LogP contribution in [0.1, 0.15) is 16.7 Å². The van der Waals surface area contributed by atoms with Gasteiger partial charge in [-0.05, 0) is 49.2 Å². The van der Waals surface area contributed by atoms with Gasteiger partial charge in [0.05, 0.1) is 12.0 Å². The van der Waals surface area contributed by atoms with Gasteiger partial charge in [-0.25, -0.2) is 13.2 Å². The Hall–Kier alpha value is -3.17. The summed E-state index contributed by atoms with van der Waals surface area (Å²) in [5.41, 5.74) is 1.92. The summed E-state index contributed by atoms with van der Waals surface area (Å²) in [7, 11) is -2.37. The van der Waals surface area contributed by atoms with Crippen LogP contribution in [0.15, 0.2) is 56.6 Å². The van der Waals surface area contributed by atoms with Gasteiger partial charge in [-0.3, -0.25) is 4.79 Å². The zero-order chi connectivity index (χ0) is 21.9. The molecule has 8 nitrogen and oxygen atoms in total. The van der Waals surface area contributed by atoms with Crippen molar-refractivity contribution in [1.29, 1.82) is 0 Å². The molecule has 0 unspecified atom stereocenters. The molecule has 1 N–H and O–H groups in total. The van der Waals surface area contributed by atoms with E-state index in [1.165, 1.54) is 25.3 Å². The number of carbonyl (C=O) groups excluding carboxylic acids is 1. The number of nitrogens with one attached hydrogen (secondary N) is 1. The van der Waals surface area contributed by atoms with Crippen LogP contribution in [0.4, 0.5) is 0 Å². The number of hydrogen-bond acceptors (Lipinski definition) is 7. The van der Waals surface area contributed by atoms with Crippen LogP contribution in [0.3, 0.4) is 0 Å². The van der Waals surface area contributed by atoms with Gasteiger partial charge in [0.25, 0.3) is 0 Å². The Morgan fingerprint density at radius 1 is 1.07 bits per heavy atom. The first-order chi connectivity index (χ1) is 14.2. The fraction of sp³-hybridized carbons (Fsp3) is 0.238. The van der Waals surface area contributed by atoms with Gasteiger partial charge in [0.15, 0.2) is 0 Å². The number of sulfonamides is 1. The quantitative estimate of drug-likeness (QED) is 0.452. The minimum atomic E-state index is -3.86. The Bertz CT molecular complexity index is 1260. The predicted molar refractivity (Wildman–Crippen MR) is 110 cm³/mol. The molecule has 0 radical (unpaired) electrons. The maximum absolute atomic E-state index is 12.4. The molecule has 1 aromatic heterocycles. The maximum Gasteiger partial charge on any atom is 0.336 e. The summed E-state index contributed by atoms with van der Waals surface area (Å²) in [6.45, 7) is 2.93. The van der Waals surface area contributed by atoms with Crippen molar-refractivity contribution in [3.05, 3.63) is 69.6 Å². The normalized spacial score (nSPS) is 11.4. The van der Waals surface area contributed by atoms with E-state index in [0.29, 0.717) is 22.3 Å². The first-order valence-electron chi connectivity index (χ1n) is 9.03. The molecule has 0 atom stereocenters. The van der Waals surface area contributed by atoms with Crippen molar-refractivity contribution in [1.82, 2.24) is 4.72 Å². The molecule has 3 rings (SSSR count). The molecule has 0 fully saturated rings. The van der Waals surface area contributed by atoms with Gasteiger partial charge in [-0.1, -0.05) is 6.07 Å². The average Bonchev–Trinajstić information content (AvgIpc) is 2.71. The van der Waals surface area contributed by atoms with Crippen LogP contribution in [0.5, 0.6) is 5.75 Å². The van der Waals surface area contributed by atoms with Crippen molar-refractivity contribution < 1.29 is 27.1 Å². The summed E-state index contributed by atoms with van der Waals surface area (Å²) in [6, 6.07) is 10.9. The molecule has 0 spiro atoms. The monoisotopic (exact) mass is 431 g/mol. The van der Waals surface area contributed by atoms with E-state index < -0.39 is 28.2 Å². The fourth-order valence-corrected chi connectivity index (χ4v) is 3.84. The van der Waals surface area contributed by atoms with Crippen molar-refractivity contribution in [3.8, 4) is 5.75 Å². The van der Waals surface area contributed by atoms with E-state index in [2.05, 4.69) is 4.72 Å². The van der Waals surface area contributed by atoms with Gasteiger partial charge in [0.2, 0.25) is 10.0 Å². The third kappa shape index (κ3) is 4.87. The van der Waals surface area contributed by atoms with Gasteiger partial charge >= 0.3 is 11.6 Å². The lowest BCUT2D eigenvalue weighted by atomic mass is 10.1. The van der Waals surface area contributed by atoms with Crippen molar-refractivity contribution in [3.63, 3.8) is 0 Å². The Morgan fingerprint density at radius 2 is 1.83 bits per heavy atom. The first-order valence-corrected chi connectivity index (χ1v) is 10.5. The molecular formula is C21H21NO7S. The Morgan fingerprint density at radius 3 is 2.53 bits per heavy atom. The smallest absolute Gasteiger partial charge is 0.336 e. The highest BCUT2D eigenvalue weighted by Gasteiger charge is 2.17. The lowest BCUT2D eigenvalue weighted by molar-refractivity contribution is -0.143. The number of hydrogen-bond donors (Lipinski definition) is 1. The standard InChI is InChI=1S/C21H21NO7S/c1-13-4-6-17(8-14(13)2)30(25,26)22-11-21(24)28-12-15-9-20(23)29-19-10-16(27-3)5-7-18(15)19/h4-10,22H,11-12H2,1-3H3. The molecule has 0 aliphatic rings. The largest absolute Gasteiger partial charge is 0.497 e. The highest BCUT2D eigenvalue weighted by atomic mass is 32.2. The Labute approximate surface area is 173 Å². The molecule has 0 saturated carbocycles. The second kappa shape index (κ2) is 8.68. The molecule has 2 aromatic carbocycles. The lowest BCUT2D eigenvalue weighted by Crippen LogP contribution is -2.30. The summed E-state index contributed by atoms with van der Waals surface area (Å²) >= 11 is 0. The van der Waals surface area contributed by atoms with Crippen LogP contribution >= 0.6 is 0 Å². The van der Waals surface area contributed by atoms with Crippen LogP contribution in [0.25, 0.3) is 11.0 Å². The van der Waals surface area contributed by atoms with Gasteiger partial charge < -0.3 is 13.9 Å². The highest BCUT2D eigenvalue weighted by molar-refractivity contribution is 7.89. The van der Waals surface area contributed by atoms with Crippen molar-refractivity contribution in [2.24, 2.45) is 0 Å². The van der Waals surface area contributed by atoms with E-state index in [9.17, 15) is 18.0 Å². The van der Waals surface area contributed by atoms with Gasteiger partial charge in [-0.2, -0.15) is 4.72 Å². The first kappa shape index (κ1) is 21.5. The van der Waals surface area contributed by atoms with E-state index in [1.807, 2.05) is 6.92 Å². The molecule has 1 heterocycles. The lowest BCUT2D eigenvalue weighted by Gasteiger charge is -2.10. The molecule has 0 saturated heterocycles. The molecule has 0 aliphatic heterocycles. The zero-order valence-corrected chi connectivity index (χ0v) is 17.5. The number of carbonyl (C=O) groups is 1. The number of rotatable bonds is 7. The molecule has 30 heavy (non-hydrogen) atoms. The summed E-state index contributed by atoms with van der Waals surface area (Å²) < 4.78 is 42.4. The van der Waals surface area contributed by atoms with E-state index in [1.54, 1.807) is 31.2 Å². The maximum atomic E-state index is 12.4. The topological polar surface area (TPSA) is 112 Å². The molecule has 3 aromatic rings. The van der Waals surface area contributed by atoms with E-state index in [0.717, 1.165) is 11.1 Å². The Kier molecular flexibility index (Phi) is 6.23. The van der Waals surface area contributed by atoms with Crippen LogP contribution < -0.4 is 15.1 Å². The molecule has 0 aliphatic carbocycles. The second-order valence-electron chi connectivity index (χ2n) is 6.68. The molecule has 158 valence electrons. The van der Waals surface area contributed by atoms with E-state index in [4.69, 9.17) is 13.9 Å². The summed E-state index contributed by atoms with van der Waals surface area (Å²) in [5, 5.41) is 0.582. The minimum Gasteiger partial charge on any atom is -0.497 e. The van der Waals surface area contributed by atoms with Crippen LogP contribution in [0.2, 0.25) is 0 Å². The van der Waals surface area contributed by atoms with Gasteiger partial charge in [0, 0.05) is 23.1 Å². The van der Waals surface area contributed by atoms with Crippen molar-refractivity contribution >= 4 is 27.0 Å². The van der Waals surface area contributed by atoms with Crippen molar-refractivity contribution in [2.45, 2.75) is 25.3 Å². The third-order valence-electron chi connectivity index (χ3n) is 4.62. The van der Waals surface area contributed by atoms with Crippen LogP contribution in [0, 0.1) is 13.8 Å².